The van der Waals surface area contributed by atoms with E-state index in [9.17, 15) is 9.59 Å². The summed E-state index contributed by atoms with van der Waals surface area (Å²) >= 11 is 0. The van der Waals surface area contributed by atoms with Gasteiger partial charge in [0.05, 0.1) is 0 Å². The van der Waals surface area contributed by atoms with E-state index in [1.165, 1.54) is 6.92 Å². The van der Waals surface area contributed by atoms with Crippen molar-refractivity contribution in [3.05, 3.63) is 29.8 Å². The highest BCUT2D eigenvalue weighted by Crippen LogP contribution is 2.44. The van der Waals surface area contributed by atoms with E-state index in [0.717, 1.165) is 0 Å². The van der Waals surface area contributed by atoms with Crippen molar-refractivity contribution in [2.75, 3.05) is 5.32 Å². The standard InChI is InChI=1S/C20H25NO7/c1-10(22)11-6-8-12(9-7-11)21-17(23)15-13-14(26-19(2,3)25-13)16-18(24-15)28-20(4,5)27-16/h6-9,13-16,18H,1-5H3,(H,21,23)/t13-,14+,15+,16-,18+/m1/s1. The molecule has 152 valence electrons. The average Bonchev–Trinajstić information content (AvgIpc) is 3.08. The normalized spacial score (nSPS) is 35.1. The highest BCUT2D eigenvalue weighted by molar-refractivity contribution is 5.97. The van der Waals surface area contributed by atoms with Gasteiger partial charge in [0.1, 0.15) is 18.3 Å². The van der Waals surface area contributed by atoms with E-state index < -0.39 is 42.3 Å². The molecule has 4 rings (SSSR count). The molecule has 8 heteroatoms. The first-order valence-corrected chi connectivity index (χ1v) is 9.33. The van der Waals surface area contributed by atoms with E-state index in [1.807, 2.05) is 0 Å². The van der Waals surface area contributed by atoms with Gasteiger partial charge in [0.15, 0.2) is 29.8 Å². The number of rotatable bonds is 3. The van der Waals surface area contributed by atoms with E-state index in [-0.39, 0.29) is 11.7 Å². The highest BCUT2D eigenvalue weighted by atomic mass is 16.9. The molecule has 3 saturated heterocycles. The van der Waals surface area contributed by atoms with Gasteiger partial charge < -0.3 is 29.0 Å². The molecule has 0 aliphatic carbocycles. The van der Waals surface area contributed by atoms with E-state index in [1.54, 1.807) is 52.0 Å². The smallest absolute Gasteiger partial charge is 0.256 e. The fourth-order valence-corrected chi connectivity index (χ4v) is 3.82. The lowest BCUT2D eigenvalue weighted by atomic mass is 9.98. The molecule has 1 N–H and O–H groups in total. The molecule has 0 bridgehead atoms. The van der Waals surface area contributed by atoms with Gasteiger partial charge in [-0.3, -0.25) is 9.59 Å². The summed E-state index contributed by atoms with van der Waals surface area (Å²) in [6, 6.07) is 6.67. The largest absolute Gasteiger partial charge is 0.342 e. The number of amides is 1. The summed E-state index contributed by atoms with van der Waals surface area (Å²) in [6.45, 7) is 8.64. The lowest BCUT2D eigenvalue weighted by Crippen LogP contribution is -2.58. The van der Waals surface area contributed by atoms with Crippen LogP contribution in [0.2, 0.25) is 0 Å². The number of benzene rings is 1. The first-order valence-electron chi connectivity index (χ1n) is 9.33. The van der Waals surface area contributed by atoms with Gasteiger partial charge in [-0.1, -0.05) is 0 Å². The third-order valence-electron chi connectivity index (χ3n) is 4.97. The molecule has 0 spiro atoms. The van der Waals surface area contributed by atoms with Gasteiger partial charge in [0.2, 0.25) is 0 Å². The Kier molecular flexibility index (Phi) is 4.59. The quantitative estimate of drug-likeness (QED) is 0.790. The Labute approximate surface area is 163 Å². The van der Waals surface area contributed by atoms with Gasteiger partial charge >= 0.3 is 0 Å². The lowest BCUT2D eigenvalue weighted by Gasteiger charge is -2.36. The molecule has 28 heavy (non-hydrogen) atoms. The van der Waals surface area contributed by atoms with Crippen molar-refractivity contribution >= 4 is 17.4 Å². The minimum Gasteiger partial charge on any atom is -0.342 e. The topological polar surface area (TPSA) is 92.3 Å². The molecule has 3 heterocycles. The molecule has 0 unspecified atom stereocenters. The van der Waals surface area contributed by atoms with Crippen LogP contribution in [-0.2, 0) is 28.5 Å². The van der Waals surface area contributed by atoms with E-state index >= 15 is 0 Å². The molecule has 1 aromatic rings. The Bertz CT molecular complexity index is 788. The van der Waals surface area contributed by atoms with Crippen LogP contribution in [-0.4, -0.2) is 54.0 Å². The Balaban J connectivity index is 1.54. The number of hydrogen-bond acceptors (Lipinski definition) is 7. The zero-order valence-corrected chi connectivity index (χ0v) is 16.6. The molecule has 8 nitrogen and oxygen atoms in total. The summed E-state index contributed by atoms with van der Waals surface area (Å²) in [4.78, 5) is 24.4. The first kappa shape index (κ1) is 19.5. The van der Waals surface area contributed by atoms with Gasteiger partial charge in [0.25, 0.3) is 5.91 Å². The molecule has 0 aromatic heterocycles. The third kappa shape index (κ3) is 3.58. The van der Waals surface area contributed by atoms with Gasteiger partial charge in [-0.25, -0.2) is 0 Å². The third-order valence-corrected chi connectivity index (χ3v) is 4.97. The monoisotopic (exact) mass is 391 g/mol. The van der Waals surface area contributed by atoms with Crippen LogP contribution < -0.4 is 5.32 Å². The minimum atomic E-state index is -0.932. The van der Waals surface area contributed by atoms with Crippen molar-refractivity contribution in [1.82, 2.24) is 0 Å². The predicted molar refractivity (Wildman–Crippen MR) is 97.6 cm³/mol. The highest BCUT2D eigenvalue weighted by Gasteiger charge is 2.62. The summed E-state index contributed by atoms with van der Waals surface area (Å²) in [6.07, 6.45) is -3.28. The second-order valence-corrected chi connectivity index (χ2v) is 8.21. The maximum atomic E-state index is 13.0. The number of fused-ring (bicyclic) bond motifs is 3. The van der Waals surface area contributed by atoms with Crippen LogP contribution >= 0.6 is 0 Å². The predicted octanol–water partition coefficient (Wildman–Crippen LogP) is 2.22. The molecule has 3 aliphatic heterocycles. The SMILES string of the molecule is CC(=O)c1ccc(NC(=O)[C@H]2O[C@H]3OC(C)(C)O[C@@H]3[C@H]3OC(C)(C)O[C@H]32)cc1. The molecule has 3 aliphatic rings. The van der Waals surface area contributed by atoms with Crippen molar-refractivity contribution in [2.24, 2.45) is 0 Å². The Morgan fingerprint density at radius 2 is 1.43 bits per heavy atom. The number of carbonyl (C=O) groups is 2. The zero-order valence-electron chi connectivity index (χ0n) is 16.6. The second kappa shape index (κ2) is 6.60. The Hall–Kier alpha value is -1.84. The van der Waals surface area contributed by atoms with Crippen LogP contribution in [0.4, 0.5) is 5.69 Å². The Morgan fingerprint density at radius 1 is 0.857 bits per heavy atom. The maximum Gasteiger partial charge on any atom is 0.256 e. The molecule has 1 amide bonds. The molecular weight excluding hydrogens is 366 g/mol. The molecule has 3 fully saturated rings. The van der Waals surface area contributed by atoms with Crippen LogP contribution in [0.15, 0.2) is 24.3 Å². The fourth-order valence-electron chi connectivity index (χ4n) is 3.82. The van der Waals surface area contributed by atoms with E-state index in [0.29, 0.717) is 11.3 Å². The summed E-state index contributed by atoms with van der Waals surface area (Å²) < 4.78 is 29.6. The van der Waals surface area contributed by atoms with Gasteiger partial charge in [-0.05, 0) is 58.9 Å². The Morgan fingerprint density at radius 3 is 2.07 bits per heavy atom. The van der Waals surface area contributed by atoms with Crippen LogP contribution in [0.5, 0.6) is 0 Å². The molecular formula is C20H25NO7. The zero-order chi connectivity index (χ0) is 20.3. The summed E-state index contributed by atoms with van der Waals surface area (Å²) in [5.41, 5.74) is 1.13. The molecule has 0 radical (unpaired) electrons. The van der Waals surface area contributed by atoms with Crippen molar-refractivity contribution in [3.8, 4) is 0 Å². The summed E-state index contributed by atoms with van der Waals surface area (Å²) in [5, 5.41) is 2.81. The van der Waals surface area contributed by atoms with Gasteiger partial charge in [-0.2, -0.15) is 0 Å². The number of nitrogens with one attached hydrogen (secondary N) is 1. The molecule has 5 atom stereocenters. The van der Waals surface area contributed by atoms with Crippen LogP contribution in [0.1, 0.15) is 45.0 Å². The number of anilines is 1. The van der Waals surface area contributed by atoms with Crippen LogP contribution in [0.25, 0.3) is 0 Å². The number of ketones is 1. The molecule has 1 aromatic carbocycles. The molecule has 0 saturated carbocycles. The van der Waals surface area contributed by atoms with Crippen molar-refractivity contribution < 1.29 is 33.3 Å². The van der Waals surface area contributed by atoms with E-state index in [4.69, 9.17) is 23.7 Å². The van der Waals surface area contributed by atoms with E-state index in [2.05, 4.69) is 5.32 Å². The summed E-state index contributed by atoms with van der Waals surface area (Å²) in [7, 11) is 0. The number of Topliss-reactive ketones (excluding diaryl/α,β-unsaturated/α-hetero) is 1. The summed E-state index contributed by atoms with van der Waals surface area (Å²) in [5.74, 6) is -2.13. The van der Waals surface area contributed by atoms with Crippen LogP contribution in [0.3, 0.4) is 0 Å². The first-order chi connectivity index (χ1) is 13.0. The second-order valence-electron chi connectivity index (χ2n) is 8.21. The van der Waals surface area contributed by atoms with Crippen molar-refractivity contribution in [3.63, 3.8) is 0 Å². The van der Waals surface area contributed by atoms with Gasteiger partial charge in [-0.15, -0.1) is 0 Å². The minimum absolute atomic E-state index is 0.0397. The number of ether oxygens (including phenoxy) is 5. The van der Waals surface area contributed by atoms with Crippen molar-refractivity contribution in [1.29, 1.82) is 0 Å². The average molecular weight is 391 g/mol. The lowest BCUT2D eigenvalue weighted by molar-refractivity contribution is -0.229. The fraction of sp³-hybridized carbons (Fsp3) is 0.600. The number of carbonyl (C=O) groups excluding carboxylic acids is 2. The van der Waals surface area contributed by atoms with Gasteiger partial charge in [0, 0.05) is 11.3 Å². The maximum absolute atomic E-state index is 13.0. The van der Waals surface area contributed by atoms with Crippen molar-refractivity contribution in [2.45, 2.75) is 76.9 Å². The number of hydrogen-bond donors (Lipinski definition) is 1. The van der Waals surface area contributed by atoms with Crippen LogP contribution in [0, 0.1) is 0 Å².